The van der Waals surface area contributed by atoms with E-state index in [2.05, 4.69) is 10.6 Å². The number of thioether (sulfide) groups is 1. The second-order valence-electron chi connectivity index (χ2n) is 10.6. The van der Waals surface area contributed by atoms with E-state index < -0.39 is 22.9 Å². The van der Waals surface area contributed by atoms with Crippen LogP contribution in [-0.2, 0) is 14.3 Å². The zero-order valence-electron chi connectivity index (χ0n) is 21.1. The van der Waals surface area contributed by atoms with Crippen LogP contribution in [0, 0.1) is 5.92 Å². The number of nitrogens with two attached hydrogens (primary N) is 1. The van der Waals surface area contributed by atoms with Crippen molar-refractivity contribution in [1.82, 2.24) is 15.5 Å². The van der Waals surface area contributed by atoms with Crippen molar-refractivity contribution in [3.63, 3.8) is 0 Å². The fourth-order valence-electron chi connectivity index (χ4n) is 5.55. The average molecular weight is 497 g/mol. The minimum Gasteiger partial charge on any atom is -0.450 e. The molecule has 3 rings (SSSR count). The van der Waals surface area contributed by atoms with Gasteiger partial charge in [0, 0.05) is 29.1 Å². The maximum atomic E-state index is 13.8. The van der Waals surface area contributed by atoms with Crippen molar-refractivity contribution in [2.24, 2.45) is 11.7 Å². The average Bonchev–Trinajstić information content (AvgIpc) is 3.48. The van der Waals surface area contributed by atoms with Gasteiger partial charge in [-0.15, -0.1) is 11.8 Å². The number of nitrogens with one attached hydrogen (secondary N) is 2. The number of ether oxygens (including phenoxy) is 1. The van der Waals surface area contributed by atoms with Gasteiger partial charge in [-0.1, -0.05) is 12.8 Å². The van der Waals surface area contributed by atoms with Crippen LogP contribution in [0.25, 0.3) is 0 Å². The van der Waals surface area contributed by atoms with E-state index in [0.29, 0.717) is 30.7 Å². The lowest BCUT2D eigenvalue weighted by molar-refractivity contribution is -0.140. The van der Waals surface area contributed by atoms with E-state index in [-0.39, 0.29) is 24.5 Å². The van der Waals surface area contributed by atoms with Gasteiger partial charge in [0.25, 0.3) is 0 Å². The van der Waals surface area contributed by atoms with E-state index in [9.17, 15) is 14.4 Å². The SMILES string of the molecule is CCOC(=O)NC(C(=O)N1CCCC1C(=O)NCC1CCC(N)CC1)C(C)(C)SC1CCCC1. The van der Waals surface area contributed by atoms with Gasteiger partial charge in [0.15, 0.2) is 0 Å². The summed E-state index contributed by atoms with van der Waals surface area (Å²) in [5, 5.41) is 6.42. The molecule has 2 saturated carbocycles. The molecule has 0 aromatic heterocycles. The van der Waals surface area contributed by atoms with E-state index >= 15 is 0 Å². The first-order chi connectivity index (χ1) is 16.2. The predicted molar refractivity (Wildman–Crippen MR) is 136 cm³/mol. The molecular formula is C25H44N4O4S. The first-order valence-electron chi connectivity index (χ1n) is 13.2. The number of hydrogen-bond acceptors (Lipinski definition) is 6. The zero-order valence-corrected chi connectivity index (χ0v) is 22.0. The summed E-state index contributed by atoms with van der Waals surface area (Å²) in [6, 6.07) is -0.966. The Kier molecular flexibility index (Phi) is 9.95. The van der Waals surface area contributed by atoms with Crippen LogP contribution < -0.4 is 16.4 Å². The Balaban J connectivity index is 1.66. The molecule has 0 spiro atoms. The van der Waals surface area contributed by atoms with Gasteiger partial charge in [-0.3, -0.25) is 9.59 Å². The summed E-state index contributed by atoms with van der Waals surface area (Å²) >= 11 is 1.78. The molecule has 8 nitrogen and oxygen atoms in total. The molecule has 1 heterocycles. The fraction of sp³-hybridized carbons (Fsp3) is 0.880. The molecule has 4 N–H and O–H groups in total. The maximum absolute atomic E-state index is 13.8. The number of carbonyl (C=O) groups is 3. The summed E-state index contributed by atoms with van der Waals surface area (Å²) in [7, 11) is 0. The van der Waals surface area contributed by atoms with Crippen LogP contribution in [0.15, 0.2) is 0 Å². The molecule has 2 unspecified atom stereocenters. The first-order valence-corrected chi connectivity index (χ1v) is 14.0. The third kappa shape index (κ3) is 7.26. The lowest BCUT2D eigenvalue weighted by Gasteiger charge is -2.38. The highest BCUT2D eigenvalue weighted by molar-refractivity contribution is 8.01. The molecule has 34 heavy (non-hydrogen) atoms. The summed E-state index contributed by atoms with van der Waals surface area (Å²) in [4.78, 5) is 41.0. The molecule has 3 aliphatic rings. The Hall–Kier alpha value is -1.48. The standard InChI is InChI=1S/C25H44N4O4S/c1-4-33-24(32)28-21(25(2,3)34-19-8-5-6-9-19)23(31)29-15-7-10-20(29)22(30)27-16-17-11-13-18(26)14-12-17/h17-21H,4-16,26H2,1-3H3,(H,27,30)(H,28,32). The second kappa shape index (κ2) is 12.5. The number of alkyl carbamates (subject to hydrolysis) is 1. The Bertz CT molecular complexity index is 705. The Morgan fingerprint density at radius 3 is 2.38 bits per heavy atom. The predicted octanol–water partition coefficient (Wildman–Crippen LogP) is 3.18. The smallest absolute Gasteiger partial charge is 0.407 e. The van der Waals surface area contributed by atoms with Crippen molar-refractivity contribution >= 4 is 29.7 Å². The summed E-state index contributed by atoms with van der Waals surface area (Å²) in [6.45, 7) is 7.19. The van der Waals surface area contributed by atoms with Gasteiger partial charge < -0.3 is 26.0 Å². The van der Waals surface area contributed by atoms with Crippen molar-refractivity contribution < 1.29 is 19.1 Å². The molecule has 0 bridgehead atoms. The van der Waals surface area contributed by atoms with Crippen LogP contribution in [0.5, 0.6) is 0 Å². The largest absolute Gasteiger partial charge is 0.450 e. The number of rotatable bonds is 9. The lowest BCUT2D eigenvalue weighted by Crippen LogP contribution is -2.60. The van der Waals surface area contributed by atoms with E-state index in [1.165, 1.54) is 12.8 Å². The van der Waals surface area contributed by atoms with E-state index in [4.69, 9.17) is 10.5 Å². The van der Waals surface area contributed by atoms with Gasteiger partial charge in [-0.2, -0.15) is 0 Å². The molecular weight excluding hydrogens is 452 g/mol. The van der Waals surface area contributed by atoms with E-state index in [1.54, 1.807) is 23.6 Å². The van der Waals surface area contributed by atoms with Crippen molar-refractivity contribution in [3.8, 4) is 0 Å². The maximum Gasteiger partial charge on any atom is 0.407 e. The molecule has 9 heteroatoms. The highest BCUT2D eigenvalue weighted by Gasteiger charge is 2.45. The molecule has 1 saturated heterocycles. The Morgan fingerprint density at radius 2 is 1.74 bits per heavy atom. The van der Waals surface area contributed by atoms with E-state index in [1.807, 2.05) is 13.8 Å². The third-order valence-electron chi connectivity index (χ3n) is 7.55. The molecule has 3 amide bonds. The topological polar surface area (TPSA) is 114 Å². The number of hydrogen-bond donors (Lipinski definition) is 3. The zero-order chi connectivity index (χ0) is 24.7. The van der Waals surface area contributed by atoms with Crippen LogP contribution in [0.3, 0.4) is 0 Å². The highest BCUT2D eigenvalue weighted by Crippen LogP contribution is 2.40. The van der Waals surface area contributed by atoms with Gasteiger partial charge in [0.05, 0.1) is 6.61 Å². The first kappa shape index (κ1) is 27.1. The van der Waals surface area contributed by atoms with Crippen molar-refractivity contribution in [3.05, 3.63) is 0 Å². The quantitative estimate of drug-likeness (QED) is 0.452. The van der Waals surface area contributed by atoms with Gasteiger partial charge in [0.2, 0.25) is 11.8 Å². The molecule has 194 valence electrons. The van der Waals surface area contributed by atoms with Crippen LogP contribution in [0.2, 0.25) is 0 Å². The normalized spacial score (nSPS) is 26.8. The second-order valence-corrected chi connectivity index (χ2v) is 12.6. The minimum absolute atomic E-state index is 0.0862. The number of likely N-dealkylation sites (tertiary alicyclic amines) is 1. The van der Waals surface area contributed by atoms with E-state index in [0.717, 1.165) is 44.9 Å². The van der Waals surface area contributed by atoms with Gasteiger partial charge in [-0.05, 0) is 78.1 Å². The molecule has 1 aliphatic heterocycles. The van der Waals surface area contributed by atoms with Crippen molar-refractivity contribution in [2.75, 3.05) is 19.7 Å². The van der Waals surface area contributed by atoms with Crippen LogP contribution in [0.1, 0.15) is 85.0 Å². The summed E-state index contributed by atoms with van der Waals surface area (Å²) in [6.07, 6.45) is 9.60. The molecule has 3 fully saturated rings. The summed E-state index contributed by atoms with van der Waals surface area (Å²) in [5.74, 6) is 0.177. The van der Waals surface area contributed by atoms with Crippen LogP contribution >= 0.6 is 11.8 Å². The molecule has 0 aromatic carbocycles. The van der Waals surface area contributed by atoms with Crippen molar-refractivity contribution in [2.45, 2.75) is 113 Å². The minimum atomic E-state index is -0.759. The molecule has 2 atom stereocenters. The summed E-state index contributed by atoms with van der Waals surface area (Å²) < 4.78 is 4.60. The molecule has 2 aliphatic carbocycles. The monoisotopic (exact) mass is 496 g/mol. The third-order valence-corrected chi connectivity index (χ3v) is 9.20. The lowest BCUT2D eigenvalue weighted by atomic mass is 9.86. The molecule has 0 aromatic rings. The van der Waals surface area contributed by atoms with Gasteiger partial charge >= 0.3 is 6.09 Å². The van der Waals surface area contributed by atoms with Gasteiger partial charge in [0.1, 0.15) is 12.1 Å². The number of carbonyl (C=O) groups excluding carboxylic acids is 3. The molecule has 0 radical (unpaired) electrons. The highest BCUT2D eigenvalue weighted by atomic mass is 32.2. The number of nitrogens with zero attached hydrogens (tertiary/aromatic N) is 1. The Labute approximate surface area is 208 Å². The number of amides is 3. The summed E-state index contributed by atoms with van der Waals surface area (Å²) in [5.41, 5.74) is 6.00. The fourth-order valence-corrected chi connectivity index (χ4v) is 7.28. The van der Waals surface area contributed by atoms with Crippen LogP contribution in [0.4, 0.5) is 4.79 Å². The van der Waals surface area contributed by atoms with Crippen LogP contribution in [-0.4, -0.2) is 70.6 Å². The Morgan fingerprint density at radius 1 is 1.06 bits per heavy atom. The van der Waals surface area contributed by atoms with Crippen molar-refractivity contribution in [1.29, 1.82) is 0 Å². The van der Waals surface area contributed by atoms with Gasteiger partial charge in [-0.25, -0.2) is 4.79 Å².